The summed E-state index contributed by atoms with van der Waals surface area (Å²) in [5.41, 5.74) is 9.99. The van der Waals surface area contributed by atoms with E-state index in [1.165, 1.54) is 44.9 Å². The molecule has 2 aliphatic heterocycles. The van der Waals surface area contributed by atoms with Crippen LogP contribution in [-0.4, -0.2) is 70.7 Å². The Morgan fingerprint density at radius 1 is 1.15 bits per heavy atom. The van der Waals surface area contributed by atoms with Gasteiger partial charge in [0.2, 0.25) is 5.91 Å². The molecule has 218 valence electrons. The maximum absolute atomic E-state index is 14.1. The Hall–Kier alpha value is -2.42. The summed E-state index contributed by atoms with van der Waals surface area (Å²) in [7, 11) is 1.82. The number of halogens is 1. The van der Waals surface area contributed by atoms with Crippen LogP contribution in [0.1, 0.15) is 82.6 Å². The van der Waals surface area contributed by atoms with Crippen molar-refractivity contribution in [3.05, 3.63) is 48.1 Å². The third kappa shape index (κ3) is 4.66. The van der Waals surface area contributed by atoms with E-state index in [4.69, 9.17) is 12.3 Å². The van der Waals surface area contributed by atoms with Gasteiger partial charge in [-0.05, 0) is 75.8 Å². The highest BCUT2D eigenvalue weighted by Gasteiger charge is 2.61. The fourth-order valence-corrected chi connectivity index (χ4v) is 8.50. The molecule has 7 nitrogen and oxygen atoms in total. The van der Waals surface area contributed by atoms with E-state index in [2.05, 4.69) is 25.4 Å². The van der Waals surface area contributed by atoms with E-state index in [1.54, 1.807) is 12.1 Å². The fourth-order valence-electron chi connectivity index (χ4n) is 8.50. The van der Waals surface area contributed by atoms with Gasteiger partial charge in [0.1, 0.15) is 11.5 Å². The number of benzene rings is 1. The van der Waals surface area contributed by atoms with Gasteiger partial charge in [-0.25, -0.2) is 4.39 Å². The molecular formula is C32H47FN6O. The second kappa shape index (κ2) is 11.1. The van der Waals surface area contributed by atoms with Crippen LogP contribution in [0.25, 0.3) is 10.9 Å². The minimum atomic E-state index is -0.657. The number of likely N-dealkylation sites (tertiary alicyclic amines) is 2. The van der Waals surface area contributed by atoms with Crippen molar-refractivity contribution >= 4 is 16.8 Å². The van der Waals surface area contributed by atoms with Crippen LogP contribution in [0.2, 0.25) is 0 Å². The van der Waals surface area contributed by atoms with E-state index in [9.17, 15) is 9.18 Å². The van der Waals surface area contributed by atoms with Gasteiger partial charge >= 0.3 is 0 Å². The first-order valence-corrected chi connectivity index (χ1v) is 15.6. The summed E-state index contributed by atoms with van der Waals surface area (Å²) >= 11 is 0. The third-order valence-electron chi connectivity index (χ3n) is 10.8. The molecule has 5 atom stereocenters. The van der Waals surface area contributed by atoms with Crippen LogP contribution in [0.3, 0.4) is 0 Å². The molecule has 4 fully saturated rings. The molecule has 2 aromatic rings. The minimum absolute atomic E-state index is 0.00949. The molecule has 0 radical (unpaired) electrons. The number of fused-ring (bicyclic) bond motifs is 2. The molecule has 6 rings (SSSR count). The monoisotopic (exact) mass is 550 g/mol. The molecule has 1 aromatic carbocycles. The second-order valence-electron chi connectivity index (χ2n) is 12.9. The molecule has 1 unspecified atom stereocenters. The van der Waals surface area contributed by atoms with Crippen LogP contribution in [0, 0.1) is 11.7 Å². The predicted octanol–water partition coefficient (Wildman–Crippen LogP) is 4.56. The molecule has 2 saturated carbocycles. The summed E-state index contributed by atoms with van der Waals surface area (Å²) in [5.74, 6) is 0.169. The zero-order valence-electron chi connectivity index (χ0n) is 24.2. The minimum Gasteiger partial charge on any atom is -0.361 e. The van der Waals surface area contributed by atoms with Crippen LogP contribution < -0.4 is 16.4 Å². The van der Waals surface area contributed by atoms with Crippen LogP contribution in [0.15, 0.2) is 36.7 Å². The number of aromatic amines is 1. The van der Waals surface area contributed by atoms with E-state index >= 15 is 0 Å². The first-order chi connectivity index (χ1) is 19.3. The number of nitrogens with two attached hydrogens (primary N) is 1. The smallest absolute Gasteiger partial charge is 0.237 e. The largest absolute Gasteiger partial charge is 0.361 e. The summed E-state index contributed by atoms with van der Waals surface area (Å²) < 4.78 is 14.1. The lowest BCUT2D eigenvalue weighted by atomic mass is 9.81. The first-order valence-electron chi connectivity index (χ1n) is 15.6. The molecule has 8 heteroatoms. The average Bonchev–Trinajstić information content (AvgIpc) is 3.75. The van der Waals surface area contributed by atoms with Crippen LogP contribution in [0.4, 0.5) is 4.39 Å². The number of H-pyrrole nitrogens is 1. The van der Waals surface area contributed by atoms with Gasteiger partial charge < -0.3 is 26.3 Å². The lowest BCUT2D eigenvalue weighted by Crippen LogP contribution is -2.62. The number of aromatic nitrogens is 1. The predicted molar refractivity (Wildman–Crippen MR) is 158 cm³/mol. The Balaban J connectivity index is 1.38. The van der Waals surface area contributed by atoms with Crippen molar-refractivity contribution in [1.29, 1.82) is 0 Å². The first kappa shape index (κ1) is 27.7. The number of likely N-dealkylation sites (N-methyl/N-ethyl adjacent to an activating group) is 1. The van der Waals surface area contributed by atoms with Crippen molar-refractivity contribution < 1.29 is 9.18 Å². The molecule has 5 N–H and O–H groups in total. The van der Waals surface area contributed by atoms with Gasteiger partial charge in [0.05, 0.1) is 12.1 Å². The Morgan fingerprint density at radius 2 is 1.88 bits per heavy atom. The average molecular weight is 551 g/mol. The van der Waals surface area contributed by atoms with E-state index in [-0.39, 0.29) is 35.8 Å². The van der Waals surface area contributed by atoms with Gasteiger partial charge in [-0.15, -0.1) is 0 Å². The standard InChI is InChI=1S/C32H47FN6O/c1-20(35-3)31(40)37-30(22-9-5-4-6-10-22)21(2)39-16-15-29-32(39,34)27(19-38(29)24-11-7-8-12-24)26-18-36-28-17-23(33)13-14-25(26)28/h13-14,17-18,20,22,24,27,29-30,35-36H,2,4-12,15-16,19,34H2,1,3H3,(H,37,40)/t20-,27+,29+,30?,32+/m0/s1. The molecule has 4 aliphatic rings. The molecule has 2 aliphatic carbocycles. The van der Waals surface area contributed by atoms with E-state index in [0.717, 1.165) is 54.5 Å². The molecule has 1 aromatic heterocycles. The number of rotatable bonds is 8. The zero-order chi connectivity index (χ0) is 28.0. The van der Waals surface area contributed by atoms with E-state index in [1.807, 2.05) is 26.2 Å². The molecular weight excluding hydrogens is 503 g/mol. The van der Waals surface area contributed by atoms with Crippen molar-refractivity contribution in [3.8, 4) is 0 Å². The summed E-state index contributed by atoms with van der Waals surface area (Å²) in [4.78, 5) is 21.6. The van der Waals surface area contributed by atoms with Crippen molar-refractivity contribution in [2.24, 2.45) is 11.7 Å². The van der Waals surface area contributed by atoms with Crippen LogP contribution >= 0.6 is 0 Å². The van der Waals surface area contributed by atoms with E-state index in [0.29, 0.717) is 12.0 Å². The molecule has 40 heavy (non-hydrogen) atoms. The van der Waals surface area contributed by atoms with Gasteiger partial charge in [-0.2, -0.15) is 0 Å². The van der Waals surface area contributed by atoms with Crippen LogP contribution in [-0.2, 0) is 4.79 Å². The van der Waals surface area contributed by atoms with Gasteiger partial charge in [0.15, 0.2) is 0 Å². The van der Waals surface area contributed by atoms with Gasteiger partial charge in [0, 0.05) is 53.9 Å². The SMILES string of the molecule is C=C(C(NC(=O)[C@H](C)NC)C1CCCCC1)N1CC[C@H]2N(C3CCCC3)C[C@H](c3c[nH]c4cc(F)ccc34)[C@]21N. The van der Waals surface area contributed by atoms with Crippen molar-refractivity contribution in [3.63, 3.8) is 0 Å². The second-order valence-corrected chi connectivity index (χ2v) is 12.9. The quantitative estimate of drug-likeness (QED) is 0.387. The topological polar surface area (TPSA) is 89.4 Å². The van der Waals surface area contributed by atoms with E-state index < -0.39 is 5.66 Å². The highest BCUT2D eigenvalue weighted by atomic mass is 19.1. The molecule has 3 heterocycles. The number of nitrogens with zero attached hydrogens (tertiary/aromatic N) is 2. The van der Waals surface area contributed by atoms with Gasteiger partial charge in [-0.3, -0.25) is 9.69 Å². The Kier molecular flexibility index (Phi) is 7.70. The fraction of sp³-hybridized carbons (Fsp3) is 0.656. The molecule has 0 bridgehead atoms. The van der Waals surface area contributed by atoms with Gasteiger partial charge in [-0.1, -0.05) is 38.7 Å². The molecule has 2 saturated heterocycles. The number of carbonyl (C=O) groups excluding carboxylic acids is 1. The highest BCUT2D eigenvalue weighted by Crippen LogP contribution is 2.51. The molecule has 0 spiro atoms. The summed E-state index contributed by atoms with van der Waals surface area (Å²) in [6, 6.07) is 5.37. The summed E-state index contributed by atoms with van der Waals surface area (Å²) in [6.45, 7) is 8.32. The number of hydrogen-bond donors (Lipinski definition) is 4. The van der Waals surface area contributed by atoms with Crippen LogP contribution in [0.5, 0.6) is 0 Å². The number of hydrogen-bond acceptors (Lipinski definition) is 5. The number of amides is 1. The van der Waals surface area contributed by atoms with Crippen molar-refractivity contribution in [1.82, 2.24) is 25.4 Å². The van der Waals surface area contributed by atoms with Gasteiger partial charge in [0.25, 0.3) is 0 Å². The van der Waals surface area contributed by atoms with Crippen molar-refractivity contribution in [2.45, 2.75) is 107 Å². The highest BCUT2D eigenvalue weighted by molar-refractivity contribution is 5.84. The summed E-state index contributed by atoms with van der Waals surface area (Å²) in [6.07, 6.45) is 13.9. The lowest BCUT2D eigenvalue weighted by Gasteiger charge is -2.46. The van der Waals surface area contributed by atoms with Crippen molar-refractivity contribution in [2.75, 3.05) is 20.1 Å². The normalized spacial score (nSPS) is 29.6. The Bertz CT molecular complexity index is 1230. The number of nitrogens with one attached hydrogen (secondary N) is 3. The molecule has 1 amide bonds. The maximum atomic E-state index is 14.1. The lowest BCUT2D eigenvalue weighted by molar-refractivity contribution is -0.123. The Labute approximate surface area is 238 Å². The maximum Gasteiger partial charge on any atom is 0.237 e. The zero-order valence-corrected chi connectivity index (χ0v) is 24.2. The summed E-state index contributed by atoms with van der Waals surface area (Å²) in [5, 5.41) is 7.54. The Morgan fingerprint density at radius 3 is 2.60 bits per heavy atom. The third-order valence-corrected chi connectivity index (χ3v) is 10.8. The number of carbonyl (C=O) groups is 1.